The topological polar surface area (TPSA) is 89.6 Å². The van der Waals surface area contributed by atoms with E-state index >= 15 is 0 Å². The molecule has 1 aromatic carbocycles. The van der Waals surface area contributed by atoms with Crippen molar-refractivity contribution in [3.05, 3.63) is 66.3 Å². The second-order valence-corrected chi connectivity index (χ2v) is 6.88. The van der Waals surface area contributed by atoms with Crippen LogP contribution in [0.15, 0.2) is 60.7 Å². The summed E-state index contributed by atoms with van der Waals surface area (Å²) >= 11 is 0. The van der Waals surface area contributed by atoms with Crippen LogP contribution in [0.4, 0.5) is 0 Å². The van der Waals surface area contributed by atoms with Crippen molar-refractivity contribution in [1.29, 1.82) is 0 Å². The fourth-order valence-electron chi connectivity index (χ4n) is 2.76. The van der Waals surface area contributed by atoms with Gasteiger partial charge in [0.15, 0.2) is 0 Å². The highest BCUT2D eigenvalue weighted by molar-refractivity contribution is 5.87. The standard InChI is InChI=1S/C23H31NO4/c1-4-17(2)23(18(3)20(25)13-9-6-10-14-21(24)26)28-22(27)16-15-19-11-7-5-8-12-19/h5-12,14-18,20,23,25H,4,13H2,1-3H3,(H2,24,26)/t17-,18-,20-,23+/m0/s1. The summed E-state index contributed by atoms with van der Waals surface area (Å²) < 4.78 is 5.68. The zero-order chi connectivity index (χ0) is 20.9. The Morgan fingerprint density at radius 3 is 2.43 bits per heavy atom. The molecule has 0 aliphatic carbocycles. The van der Waals surface area contributed by atoms with Crippen LogP contribution in [0.25, 0.3) is 6.08 Å². The molecule has 1 aromatic rings. The highest BCUT2D eigenvalue weighted by atomic mass is 16.5. The predicted molar refractivity (Wildman–Crippen MR) is 112 cm³/mol. The van der Waals surface area contributed by atoms with E-state index in [2.05, 4.69) is 0 Å². The lowest BCUT2D eigenvalue weighted by atomic mass is 9.86. The van der Waals surface area contributed by atoms with E-state index in [1.807, 2.05) is 51.1 Å². The van der Waals surface area contributed by atoms with Crippen LogP contribution in [0.3, 0.4) is 0 Å². The lowest BCUT2D eigenvalue weighted by Gasteiger charge is -2.31. The molecule has 0 unspecified atom stereocenters. The van der Waals surface area contributed by atoms with E-state index in [1.54, 1.807) is 18.2 Å². The normalized spacial score (nSPS) is 16.3. The molecule has 0 aliphatic heterocycles. The second kappa shape index (κ2) is 12.7. The van der Waals surface area contributed by atoms with Crippen molar-refractivity contribution in [2.75, 3.05) is 0 Å². The van der Waals surface area contributed by atoms with Crippen LogP contribution >= 0.6 is 0 Å². The molecule has 152 valence electrons. The minimum atomic E-state index is -0.678. The number of nitrogens with two attached hydrogens (primary N) is 1. The molecule has 0 fully saturated rings. The Kier molecular flexibility index (Phi) is 10.6. The molecule has 5 heteroatoms. The highest BCUT2D eigenvalue weighted by Gasteiger charge is 2.30. The minimum absolute atomic E-state index is 0.109. The SMILES string of the molecule is CC[C@H](C)[C@@H](OC(=O)C=Cc1ccccc1)[C@@H](C)[C@@H](O)CC=CC=CC(N)=O. The van der Waals surface area contributed by atoms with Gasteiger partial charge in [-0.3, -0.25) is 4.79 Å². The maximum Gasteiger partial charge on any atom is 0.331 e. The quantitative estimate of drug-likeness (QED) is 0.346. The molecule has 0 heterocycles. The summed E-state index contributed by atoms with van der Waals surface area (Å²) in [7, 11) is 0. The number of hydrogen-bond acceptors (Lipinski definition) is 4. The van der Waals surface area contributed by atoms with Crippen LogP contribution in [0.1, 0.15) is 39.2 Å². The average molecular weight is 386 g/mol. The van der Waals surface area contributed by atoms with Crippen molar-refractivity contribution in [3.8, 4) is 0 Å². The Balaban J connectivity index is 2.71. The molecule has 5 nitrogen and oxygen atoms in total. The highest BCUT2D eigenvalue weighted by Crippen LogP contribution is 2.24. The summed E-state index contributed by atoms with van der Waals surface area (Å²) in [6.07, 6.45) is 9.45. The van der Waals surface area contributed by atoms with E-state index in [0.717, 1.165) is 12.0 Å². The van der Waals surface area contributed by atoms with Gasteiger partial charge in [0.1, 0.15) is 6.10 Å². The summed E-state index contributed by atoms with van der Waals surface area (Å²) in [5, 5.41) is 10.5. The lowest BCUT2D eigenvalue weighted by Crippen LogP contribution is -2.37. The zero-order valence-electron chi connectivity index (χ0n) is 16.8. The van der Waals surface area contributed by atoms with Crippen LogP contribution < -0.4 is 5.73 Å². The van der Waals surface area contributed by atoms with Crippen LogP contribution in [0.5, 0.6) is 0 Å². The Morgan fingerprint density at radius 1 is 1.14 bits per heavy atom. The van der Waals surface area contributed by atoms with Crippen molar-refractivity contribution in [2.24, 2.45) is 17.6 Å². The predicted octanol–water partition coefficient (Wildman–Crippen LogP) is 3.64. The van der Waals surface area contributed by atoms with E-state index in [4.69, 9.17) is 10.5 Å². The number of carbonyl (C=O) groups excluding carboxylic acids is 2. The van der Waals surface area contributed by atoms with Gasteiger partial charge in [-0.2, -0.15) is 0 Å². The maximum atomic E-state index is 12.3. The molecule has 0 aliphatic rings. The van der Waals surface area contributed by atoms with E-state index < -0.39 is 24.1 Å². The van der Waals surface area contributed by atoms with Gasteiger partial charge in [-0.25, -0.2) is 4.79 Å². The molecule has 0 spiro atoms. The van der Waals surface area contributed by atoms with Crippen molar-refractivity contribution in [2.45, 2.75) is 45.8 Å². The van der Waals surface area contributed by atoms with Gasteiger partial charge in [-0.15, -0.1) is 0 Å². The summed E-state index contributed by atoms with van der Waals surface area (Å²) in [4.78, 5) is 22.9. The number of aliphatic hydroxyl groups excluding tert-OH is 1. The fourth-order valence-corrected chi connectivity index (χ4v) is 2.76. The number of carbonyl (C=O) groups is 2. The van der Waals surface area contributed by atoms with Crippen molar-refractivity contribution < 1.29 is 19.4 Å². The fraction of sp³-hybridized carbons (Fsp3) is 0.391. The minimum Gasteiger partial charge on any atom is -0.459 e. The first-order chi connectivity index (χ1) is 13.3. The first-order valence-corrected chi connectivity index (χ1v) is 9.59. The monoisotopic (exact) mass is 385 g/mol. The molecule has 0 aromatic heterocycles. The molecule has 0 bridgehead atoms. The molecule has 4 atom stereocenters. The number of esters is 1. The van der Waals surface area contributed by atoms with Crippen molar-refractivity contribution >= 4 is 18.0 Å². The van der Waals surface area contributed by atoms with Crippen LogP contribution in [-0.2, 0) is 14.3 Å². The van der Waals surface area contributed by atoms with E-state index in [9.17, 15) is 14.7 Å². The number of allylic oxidation sites excluding steroid dienone is 2. The van der Waals surface area contributed by atoms with Crippen LogP contribution in [-0.4, -0.2) is 29.2 Å². The Hall–Kier alpha value is -2.66. The zero-order valence-corrected chi connectivity index (χ0v) is 16.8. The summed E-state index contributed by atoms with van der Waals surface area (Å²) in [6, 6.07) is 9.52. The Bertz CT molecular complexity index is 694. The summed E-state index contributed by atoms with van der Waals surface area (Å²) in [5.74, 6) is -1.08. The Morgan fingerprint density at radius 2 is 1.82 bits per heavy atom. The molecule has 3 N–H and O–H groups in total. The first kappa shape index (κ1) is 23.4. The van der Waals surface area contributed by atoms with E-state index in [1.165, 1.54) is 18.2 Å². The lowest BCUT2D eigenvalue weighted by molar-refractivity contribution is -0.151. The third-order valence-corrected chi connectivity index (χ3v) is 4.68. The van der Waals surface area contributed by atoms with Gasteiger partial charge in [0.2, 0.25) is 5.91 Å². The summed E-state index contributed by atoms with van der Waals surface area (Å²) in [5.41, 5.74) is 5.93. The smallest absolute Gasteiger partial charge is 0.331 e. The molecule has 1 rings (SSSR count). The third-order valence-electron chi connectivity index (χ3n) is 4.68. The number of rotatable bonds is 11. The van der Waals surface area contributed by atoms with Gasteiger partial charge < -0.3 is 15.6 Å². The number of aliphatic hydroxyl groups is 1. The second-order valence-electron chi connectivity index (χ2n) is 6.88. The van der Waals surface area contributed by atoms with Gasteiger partial charge in [-0.1, -0.05) is 75.8 Å². The summed E-state index contributed by atoms with van der Waals surface area (Å²) in [6.45, 7) is 5.91. The Labute approximate surface area is 167 Å². The molecule has 0 radical (unpaired) electrons. The molecule has 0 saturated heterocycles. The number of hydrogen-bond donors (Lipinski definition) is 2. The maximum absolute atomic E-state index is 12.3. The van der Waals surface area contributed by atoms with Crippen LogP contribution in [0, 0.1) is 11.8 Å². The van der Waals surface area contributed by atoms with Gasteiger partial charge in [0.05, 0.1) is 6.10 Å². The van der Waals surface area contributed by atoms with Crippen molar-refractivity contribution in [1.82, 2.24) is 0 Å². The number of primary amides is 1. The van der Waals surface area contributed by atoms with Gasteiger partial charge in [0, 0.05) is 18.1 Å². The van der Waals surface area contributed by atoms with E-state index in [0.29, 0.717) is 6.42 Å². The molecular weight excluding hydrogens is 354 g/mol. The van der Waals surface area contributed by atoms with Gasteiger partial charge in [0.25, 0.3) is 0 Å². The van der Waals surface area contributed by atoms with Crippen molar-refractivity contribution in [3.63, 3.8) is 0 Å². The third kappa shape index (κ3) is 8.82. The largest absolute Gasteiger partial charge is 0.459 e. The van der Waals surface area contributed by atoms with Crippen LogP contribution in [0.2, 0.25) is 0 Å². The van der Waals surface area contributed by atoms with Gasteiger partial charge >= 0.3 is 5.97 Å². The average Bonchev–Trinajstić information content (AvgIpc) is 2.69. The molecule has 0 saturated carbocycles. The number of ether oxygens (including phenoxy) is 1. The number of benzene rings is 1. The molecular formula is C23H31NO4. The molecule has 28 heavy (non-hydrogen) atoms. The van der Waals surface area contributed by atoms with Gasteiger partial charge in [-0.05, 0) is 24.0 Å². The molecule has 1 amide bonds. The van der Waals surface area contributed by atoms with E-state index in [-0.39, 0.29) is 11.8 Å². The number of amides is 1. The first-order valence-electron chi connectivity index (χ1n) is 9.59.